The molecule has 2 unspecified atom stereocenters. The number of ketones is 1. The summed E-state index contributed by atoms with van der Waals surface area (Å²) >= 11 is 0. The molecule has 0 bridgehead atoms. The van der Waals surface area contributed by atoms with Crippen molar-refractivity contribution < 1.29 is 4.79 Å². The van der Waals surface area contributed by atoms with E-state index in [-0.39, 0.29) is 5.54 Å². The van der Waals surface area contributed by atoms with Gasteiger partial charge in [0.2, 0.25) is 0 Å². The number of hydrogen-bond acceptors (Lipinski definition) is 2. The summed E-state index contributed by atoms with van der Waals surface area (Å²) in [5, 5.41) is 3.42. The molecule has 2 fully saturated rings. The lowest BCUT2D eigenvalue weighted by molar-refractivity contribution is -0.134. The second kappa shape index (κ2) is 3.17. The van der Waals surface area contributed by atoms with Crippen LogP contribution in [0.2, 0.25) is 0 Å². The van der Waals surface area contributed by atoms with Crippen LogP contribution in [-0.2, 0) is 4.79 Å². The normalized spacial score (nSPS) is 34.4. The fraction of sp³-hybridized carbons (Fsp3) is 0.462. The number of benzene rings is 1. The van der Waals surface area contributed by atoms with Gasteiger partial charge in [0.05, 0.1) is 5.54 Å². The first-order chi connectivity index (χ1) is 7.33. The van der Waals surface area contributed by atoms with Gasteiger partial charge in [0.1, 0.15) is 0 Å². The van der Waals surface area contributed by atoms with Gasteiger partial charge in [-0.15, -0.1) is 0 Å². The lowest BCUT2D eigenvalue weighted by atomic mass is 9.62. The van der Waals surface area contributed by atoms with Crippen molar-refractivity contribution >= 4 is 5.78 Å². The maximum absolute atomic E-state index is 11.8. The number of nitrogens with one attached hydrogen (secondary N) is 1. The third-order valence-corrected chi connectivity index (χ3v) is 3.87. The Morgan fingerprint density at radius 3 is 2.67 bits per heavy atom. The van der Waals surface area contributed by atoms with Gasteiger partial charge in [-0.2, -0.15) is 0 Å². The van der Waals surface area contributed by atoms with Gasteiger partial charge in [-0.1, -0.05) is 30.3 Å². The maximum atomic E-state index is 11.8. The Balaban J connectivity index is 1.93. The van der Waals surface area contributed by atoms with Crippen LogP contribution < -0.4 is 5.32 Å². The Labute approximate surface area is 89.7 Å². The average Bonchev–Trinajstić information content (AvgIpc) is 2.79. The molecule has 1 heterocycles. The number of hydrogen-bond donors (Lipinski definition) is 1. The molecular weight excluding hydrogens is 186 g/mol. The van der Waals surface area contributed by atoms with Crippen LogP contribution in [0.25, 0.3) is 0 Å². The van der Waals surface area contributed by atoms with E-state index >= 15 is 0 Å². The molecule has 2 heteroatoms. The van der Waals surface area contributed by atoms with Gasteiger partial charge in [0, 0.05) is 12.3 Å². The molecular formula is C13H15NO. The SMILES string of the molecule is O=C1CC(c2ccccc2)C12CCCN2. The summed E-state index contributed by atoms with van der Waals surface area (Å²) in [4.78, 5) is 11.8. The molecule has 1 saturated heterocycles. The molecule has 15 heavy (non-hydrogen) atoms. The highest BCUT2D eigenvalue weighted by Gasteiger charge is 2.56. The lowest BCUT2D eigenvalue weighted by Crippen LogP contribution is -2.61. The number of Topliss-reactive ketones (excluding diaryl/α,β-unsaturated/α-hetero) is 1. The first-order valence-electron chi connectivity index (χ1n) is 5.66. The summed E-state index contributed by atoms with van der Waals surface area (Å²) in [6, 6.07) is 10.4. The average molecular weight is 201 g/mol. The summed E-state index contributed by atoms with van der Waals surface area (Å²) in [7, 11) is 0. The van der Waals surface area contributed by atoms with E-state index < -0.39 is 0 Å². The van der Waals surface area contributed by atoms with Crippen LogP contribution in [0.1, 0.15) is 30.7 Å². The third-order valence-electron chi connectivity index (χ3n) is 3.87. The molecule has 78 valence electrons. The van der Waals surface area contributed by atoms with Crippen LogP contribution in [0.15, 0.2) is 30.3 Å². The molecule has 1 spiro atoms. The fourth-order valence-corrected chi connectivity index (χ4v) is 3.00. The molecule has 0 radical (unpaired) electrons. The highest BCUT2D eigenvalue weighted by atomic mass is 16.1. The molecule has 0 aromatic heterocycles. The fourth-order valence-electron chi connectivity index (χ4n) is 3.00. The Hall–Kier alpha value is -1.15. The molecule has 2 aliphatic rings. The standard InChI is InChI=1S/C13H15NO/c15-12-9-11(10-5-2-1-3-6-10)13(12)7-4-8-14-13/h1-3,5-6,11,14H,4,7-9H2. The van der Waals surface area contributed by atoms with Crippen molar-refractivity contribution in [3.05, 3.63) is 35.9 Å². The van der Waals surface area contributed by atoms with E-state index in [1.165, 1.54) is 5.56 Å². The van der Waals surface area contributed by atoms with Crippen molar-refractivity contribution in [1.82, 2.24) is 5.32 Å². The van der Waals surface area contributed by atoms with E-state index in [0.717, 1.165) is 25.8 Å². The Morgan fingerprint density at radius 1 is 1.27 bits per heavy atom. The first-order valence-corrected chi connectivity index (χ1v) is 5.66. The molecule has 1 saturated carbocycles. The van der Waals surface area contributed by atoms with Crippen LogP contribution in [-0.4, -0.2) is 17.9 Å². The largest absolute Gasteiger partial charge is 0.304 e. The van der Waals surface area contributed by atoms with E-state index in [2.05, 4.69) is 29.6 Å². The predicted octanol–water partition coefficient (Wildman–Crippen LogP) is 1.87. The zero-order chi connectivity index (χ0) is 10.3. The van der Waals surface area contributed by atoms with Gasteiger partial charge in [-0.25, -0.2) is 0 Å². The second-order valence-corrected chi connectivity index (χ2v) is 4.59. The van der Waals surface area contributed by atoms with Crippen LogP contribution in [0.3, 0.4) is 0 Å². The van der Waals surface area contributed by atoms with Gasteiger partial charge in [0.15, 0.2) is 5.78 Å². The number of carbonyl (C=O) groups is 1. The highest BCUT2D eigenvalue weighted by Crippen LogP contribution is 2.47. The molecule has 0 amide bonds. The second-order valence-electron chi connectivity index (χ2n) is 4.59. The van der Waals surface area contributed by atoms with Crippen molar-refractivity contribution in [1.29, 1.82) is 0 Å². The van der Waals surface area contributed by atoms with Crippen molar-refractivity contribution in [2.24, 2.45) is 0 Å². The summed E-state index contributed by atoms with van der Waals surface area (Å²) in [5.74, 6) is 0.822. The van der Waals surface area contributed by atoms with Crippen molar-refractivity contribution in [3.63, 3.8) is 0 Å². The molecule has 1 aliphatic heterocycles. The Morgan fingerprint density at radius 2 is 2.07 bits per heavy atom. The molecule has 2 atom stereocenters. The topological polar surface area (TPSA) is 29.1 Å². The van der Waals surface area contributed by atoms with Crippen LogP contribution in [0.4, 0.5) is 0 Å². The van der Waals surface area contributed by atoms with Crippen LogP contribution in [0.5, 0.6) is 0 Å². The van der Waals surface area contributed by atoms with Crippen molar-refractivity contribution in [3.8, 4) is 0 Å². The Bertz CT molecular complexity index is 379. The van der Waals surface area contributed by atoms with E-state index in [1.54, 1.807) is 0 Å². The molecule has 1 aromatic carbocycles. The quantitative estimate of drug-likeness (QED) is 0.751. The minimum atomic E-state index is -0.193. The third kappa shape index (κ3) is 1.18. The van der Waals surface area contributed by atoms with Crippen molar-refractivity contribution in [2.45, 2.75) is 30.7 Å². The lowest BCUT2D eigenvalue weighted by Gasteiger charge is -2.45. The molecule has 1 aliphatic carbocycles. The predicted molar refractivity (Wildman–Crippen MR) is 58.8 cm³/mol. The Kier molecular flexibility index (Phi) is 1.93. The van der Waals surface area contributed by atoms with Gasteiger partial charge in [0.25, 0.3) is 0 Å². The van der Waals surface area contributed by atoms with Gasteiger partial charge in [-0.3, -0.25) is 4.79 Å². The van der Waals surface area contributed by atoms with Gasteiger partial charge < -0.3 is 5.32 Å². The van der Waals surface area contributed by atoms with E-state index in [1.807, 2.05) is 6.07 Å². The minimum absolute atomic E-state index is 0.193. The van der Waals surface area contributed by atoms with E-state index in [0.29, 0.717) is 11.7 Å². The van der Waals surface area contributed by atoms with E-state index in [9.17, 15) is 4.79 Å². The van der Waals surface area contributed by atoms with E-state index in [4.69, 9.17) is 0 Å². The monoisotopic (exact) mass is 201 g/mol. The zero-order valence-corrected chi connectivity index (χ0v) is 8.70. The molecule has 2 nitrogen and oxygen atoms in total. The summed E-state index contributed by atoms with van der Waals surface area (Å²) in [6.07, 6.45) is 2.87. The first kappa shape index (κ1) is 9.10. The van der Waals surface area contributed by atoms with Crippen molar-refractivity contribution in [2.75, 3.05) is 6.54 Å². The summed E-state index contributed by atoms with van der Waals surface area (Å²) < 4.78 is 0. The molecule has 3 rings (SSSR count). The molecule has 1 N–H and O–H groups in total. The number of rotatable bonds is 1. The highest BCUT2D eigenvalue weighted by molar-refractivity contribution is 5.97. The zero-order valence-electron chi connectivity index (χ0n) is 8.70. The minimum Gasteiger partial charge on any atom is -0.304 e. The smallest absolute Gasteiger partial charge is 0.154 e. The molecule has 1 aromatic rings. The van der Waals surface area contributed by atoms with Gasteiger partial charge >= 0.3 is 0 Å². The maximum Gasteiger partial charge on any atom is 0.154 e. The summed E-state index contributed by atoms with van der Waals surface area (Å²) in [5.41, 5.74) is 1.12. The van der Waals surface area contributed by atoms with Crippen LogP contribution in [0, 0.1) is 0 Å². The van der Waals surface area contributed by atoms with Crippen LogP contribution >= 0.6 is 0 Å². The summed E-state index contributed by atoms with van der Waals surface area (Å²) in [6.45, 7) is 0.995. The number of carbonyl (C=O) groups excluding carboxylic acids is 1. The van der Waals surface area contributed by atoms with Gasteiger partial charge in [-0.05, 0) is 24.9 Å².